The van der Waals surface area contributed by atoms with Crippen LogP contribution in [0.15, 0.2) is 17.2 Å². The number of aryl methyl sites for hydroxylation is 1. The SMILES string of the molecule is CCSCCn1cnc(Cl)cc1=O. The maximum absolute atomic E-state index is 11.3. The molecule has 0 radical (unpaired) electrons. The van der Waals surface area contributed by atoms with Gasteiger partial charge in [-0.2, -0.15) is 11.8 Å². The predicted molar refractivity (Wildman–Crippen MR) is 56.5 cm³/mol. The molecule has 1 aromatic heterocycles. The molecule has 0 bridgehead atoms. The van der Waals surface area contributed by atoms with Gasteiger partial charge in [-0.05, 0) is 5.75 Å². The summed E-state index contributed by atoms with van der Waals surface area (Å²) >= 11 is 7.34. The molecule has 1 heterocycles. The second kappa shape index (κ2) is 5.29. The molecule has 0 aliphatic heterocycles. The first kappa shape index (κ1) is 10.6. The topological polar surface area (TPSA) is 34.9 Å². The second-order valence-electron chi connectivity index (χ2n) is 2.44. The van der Waals surface area contributed by atoms with Gasteiger partial charge in [-0.3, -0.25) is 9.36 Å². The lowest BCUT2D eigenvalue weighted by atomic mass is 10.6. The highest BCUT2D eigenvalue weighted by molar-refractivity contribution is 7.99. The largest absolute Gasteiger partial charge is 0.298 e. The first-order chi connectivity index (χ1) is 6.24. The van der Waals surface area contributed by atoms with Gasteiger partial charge in [0.15, 0.2) is 0 Å². The minimum Gasteiger partial charge on any atom is -0.298 e. The van der Waals surface area contributed by atoms with E-state index in [1.165, 1.54) is 12.4 Å². The third-order valence-electron chi connectivity index (χ3n) is 1.53. The summed E-state index contributed by atoms with van der Waals surface area (Å²) in [6.45, 7) is 2.79. The second-order valence-corrected chi connectivity index (χ2v) is 4.22. The van der Waals surface area contributed by atoms with E-state index in [1.807, 2.05) is 0 Å². The van der Waals surface area contributed by atoms with Crippen molar-refractivity contribution < 1.29 is 0 Å². The van der Waals surface area contributed by atoms with E-state index in [1.54, 1.807) is 16.3 Å². The molecule has 0 fully saturated rings. The summed E-state index contributed by atoms with van der Waals surface area (Å²) in [6, 6.07) is 1.33. The average molecular weight is 219 g/mol. The van der Waals surface area contributed by atoms with E-state index >= 15 is 0 Å². The number of aromatic nitrogens is 2. The predicted octanol–water partition coefficient (Wildman–Crippen LogP) is 1.65. The molecular formula is C8H11ClN2OS. The zero-order chi connectivity index (χ0) is 9.68. The van der Waals surface area contributed by atoms with Gasteiger partial charge in [0.05, 0.1) is 6.33 Å². The number of thioether (sulfide) groups is 1. The van der Waals surface area contributed by atoms with Gasteiger partial charge in [-0.15, -0.1) is 0 Å². The van der Waals surface area contributed by atoms with E-state index in [4.69, 9.17) is 11.6 Å². The van der Waals surface area contributed by atoms with Crippen LogP contribution in [0.1, 0.15) is 6.92 Å². The Balaban J connectivity index is 2.62. The van der Waals surface area contributed by atoms with Crippen LogP contribution in [0.25, 0.3) is 0 Å². The number of nitrogens with zero attached hydrogens (tertiary/aromatic N) is 2. The van der Waals surface area contributed by atoms with Crippen molar-refractivity contribution in [1.29, 1.82) is 0 Å². The molecular weight excluding hydrogens is 208 g/mol. The normalized spacial score (nSPS) is 10.3. The summed E-state index contributed by atoms with van der Waals surface area (Å²) in [5, 5.41) is 0.254. The fraction of sp³-hybridized carbons (Fsp3) is 0.500. The Hall–Kier alpha value is -0.480. The number of rotatable bonds is 4. The Labute approximate surface area is 86.1 Å². The van der Waals surface area contributed by atoms with Crippen LogP contribution >= 0.6 is 23.4 Å². The summed E-state index contributed by atoms with van der Waals surface area (Å²) in [7, 11) is 0. The van der Waals surface area contributed by atoms with E-state index in [-0.39, 0.29) is 10.7 Å². The minimum absolute atomic E-state index is 0.0864. The summed E-state index contributed by atoms with van der Waals surface area (Å²) in [5.41, 5.74) is -0.0864. The maximum atomic E-state index is 11.3. The maximum Gasteiger partial charge on any atom is 0.254 e. The van der Waals surface area contributed by atoms with Crippen molar-refractivity contribution in [2.45, 2.75) is 13.5 Å². The molecule has 72 valence electrons. The molecule has 0 aliphatic carbocycles. The highest BCUT2D eigenvalue weighted by atomic mass is 35.5. The molecule has 5 heteroatoms. The van der Waals surface area contributed by atoms with Crippen molar-refractivity contribution in [3.05, 3.63) is 27.9 Å². The Morgan fingerprint density at radius 2 is 2.46 bits per heavy atom. The monoisotopic (exact) mass is 218 g/mol. The van der Waals surface area contributed by atoms with Crippen LogP contribution in [-0.4, -0.2) is 21.1 Å². The lowest BCUT2D eigenvalue weighted by molar-refractivity contribution is 0.714. The van der Waals surface area contributed by atoms with Gasteiger partial charge in [-0.1, -0.05) is 18.5 Å². The van der Waals surface area contributed by atoms with Gasteiger partial charge in [-0.25, -0.2) is 4.98 Å². The highest BCUT2D eigenvalue weighted by Gasteiger charge is 1.96. The fourth-order valence-corrected chi connectivity index (χ4v) is 1.63. The van der Waals surface area contributed by atoms with Crippen molar-refractivity contribution in [2.24, 2.45) is 0 Å². The van der Waals surface area contributed by atoms with E-state index in [9.17, 15) is 4.79 Å². The molecule has 3 nitrogen and oxygen atoms in total. The summed E-state index contributed by atoms with van der Waals surface area (Å²) in [4.78, 5) is 15.1. The van der Waals surface area contributed by atoms with Crippen molar-refractivity contribution in [3.8, 4) is 0 Å². The molecule has 0 atom stereocenters. The van der Waals surface area contributed by atoms with Crippen LogP contribution in [0.2, 0.25) is 5.15 Å². The van der Waals surface area contributed by atoms with Crippen molar-refractivity contribution in [1.82, 2.24) is 9.55 Å². The number of halogens is 1. The van der Waals surface area contributed by atoms with Crippen LogP contribution in [-0.2, 0) is 6.54 Å². The summed E-state index contributed by atoms with van der Waals surface area (Å²) in [6.07, 6.45) is 1.49. The smallest absolute Gasteiger partial charge is 0.254 e. The molecule has 0 aromatic carbocycles. The molecule has 0 saturated carbocycles. The van der Waals surface area contributed by atoms with Gasteiger partial charge < -0.3 is 0 Å². The van der Waals surface area contributed by atoms with Gasteiger partial charge >= 0.3 is 0 Å². The average Bonchev–Trinajstić information content (AvgIpc) is 2.09. The summed E-state index contributed by atoms with van der Waals surface area (Å²) < 4.78 is 1.56. The lowest BCUT2D eigenvalue weighted by Gasteiger charge is -2.02. The zero-order valence-corrected chi connectivity index (χ0v) is 8.94. The zero-order valence-electron chi connectivity index (χ0n) is 7.36. The van der Waals surface area contributed by atoms with Crippen LogP contribution < -0.4 is 5.56 Å². The molecule has 1 aromatic rings. The fourth-order valence-electron chi connectivity index (χ4n) is 0.879. The van der Waals surface area contributed by atoms with Crippen molar-refractivity contribution in [2.75, 3.05) is 11.5 Å². The molecule has 0 aliphatic rings. The first-order valence-corrected chi connectivity index (χ1v) is 5.57. The van der Waals surface area contributed by atoms with E-state index < -0.39 is 0 Å². The molecule has 0 saturated heterocycles. The first-order valence-electron chi connectivity index (χ1n) is 4.03. The third-order valence-corrected chi connectivity index (χ3v) is 2.61. The number of hydrogen-bond acceptors (Lipinski definition) is 3. The molecule has 1 rings (SSSR count). The van der Waals surface area contributed by atoms with E-state index in [0.29, 0.717) is 6.54 Å². The van der Waals surface area contributed by atoms with Crippen LogP contribution in [0, 0.1) is 0 Å². The van der Waals surface area contributed by atoms with Gasteiger partial charge in [0.25, 0.3) is 5.56 Å². The third kappa shape index (κ3) is 3.40. The Morgan fingerprint density at radius 3 is 3.08 bits per heavy atom. The molecule has 0 amide bonds. The van der Waals surface area contributed by atoms with Gasteiger partial charge in [0.2, 0.25) is 0 Å². The van der Waals surface area contributed by atoms with Crippen molar-refractivity contribution >= 4 is 23.4 Å². The molecule has 0 spiro atoms. The van der Waals surface area contributed by atoms with E-state index in [2.05, 4.69) is 11.9 Å². The molecule has 13 heavy (non-hydrogen) atoms. The standard InChI is InChI=1S/C8H11ClN2OS/c1-2-13-4-3-11-6-10-7(9)5-8(11)12/h5-6H,2-4H2,1H3. The molecule has 0 unspecified atom stereocenters. The summed E-state index contributed by atoms with van der Waals surface area (Å²) in [5.74, 6) is 2.00. The Bertz CT molecular complexity index is 326. The van der Waals surface area contributed by atoms with E-state index in [0.717, 1.165) is 11.5 Å². The van der Waals surface area contributed by atoms with Crippen LogP contribution in [0.3, 0.4) is 0 Å². The van der Waals surface area contributed by atoms with Gasteiger partial charge in [0, 0.05) is 18.4 Å². The molecule has 0 N–H and O–H groups in total. The van der Waals surface area contributed by atoms with Gasteiger partial charge in [0.1, 0.15) is 5.15 Å². The van der Waals surface area contributed by atoms with Crippen molar-refractivity contribution in [3.63, 3.8) is 0 Å². The highest BCUT2D eigenvalue weighted by Crippen LogP contribution is 2.00. The minimum atomic E-state index is -0.0864. The Kier molecular flexibility index (Phi) is 4.32. The number of hydrogen-bond donors (Lipinski definition) is 0. The quantitative estimate of drug-likeness (QED) is 0.570. The Morgan fingerprint density at radius 1 is 1.69 bits per heavy atom. The van der Waals surface area contributed by atoms with Crippen LogP contribution in [0.5, 0.6) is 0 Å². The van der Waals surface area contributed by atoms with Crippen LogP contribution in [0.4, 0.5) is 0 Å². The lowest BCUT2D eigenvalue weighted by Crippen LogP contribution is -2.20.